The SMILES string of the molecule is NC(c1ccc2c(c1)CCCO2)c1cc(Br)ccc1Br. The summed E-state index contributed by atoms with van der Waals surface area (Å²) in [5, 5.41) is 0. The molecule has 0 radical (unpaired) electrons. The summed E-state index contributed by atoms with van der Waals surface area (Å²) in [5.74, 6) is 1.00. The Hall–Kier alpha value is -0.840. The molecule has 0 saturated carbocycles. The van der Waals surface area contributed by atoms with Gasteiger partial charge < -0.3 is 10.5 Å². The number of halogens is 2. The van der Waals surface area contributed by atoms with Crippen molar-refractivity contribution >= 4 is 31.9 Å². The molecule has 1 heterocycles. The fourth-order valence-corrected chi connectivity index (χ4v) is 3.38. The predicted octanol–water partition coefficient (Wildman–Crippen LogP) is 4.58. The molecule has 2 aromatic rings. The normalized spacial score (nSPS) is 15.3. The van der Waals surface area contributed by atoms with Gasteiger partial charge in [-0.2, -0.15) is 0 Å². The van der Waals surface area contributed by atoms with Crippen LogP contribution in [0.1, 0.15) is 29.2 Å². The third-order valence-corrected chi connectivity index (χ3v) is 4.80. The van der Waals surface area contributed by atoms with E-state index in [9.17, 15) is 0 Å². The van der Waals surface area contributed by atoms with Crippen LogP contribution in [-0.4, -0.2) is 6.61 Å². The van der Waals surface area contributed by atoms with Gasteiger partial charge in [-0.25, -0.2) is 0 Å². The van der Waals surface area contributed by atoms with E-state index < -0.39 is 0 Å². The summed E-state index contributed by atoms with van der Waals surface area (Å²) in [6, 6.07) is 12.2. The Bertz CT molecular complexity index is 642. The van der Waals surface area contributed by atoms with Crippen LogP contribution < -0.4 is 10.5 Å². The summed E-state index contributed by atoms with van der Waals surface area (Å²) < 4.78 is 7.71. The molecule has 2 aromatic carbocycles. The highest BCUT2D eigenvalue weighted by molar-refractivity contribution is 9.11. The summed E-state index contributed by atoms with van der Waals surface area (Å²) in [5.41, 5.74) is 9.89. The molecule has 0 bridgehead atoms. The fraction of sp³-hybridized carbons (Fsp3) is 0.250. The number of rotatable bonds is 2. The summed E-state index contributed by atoms with van der Waals surface area (Å²) >= 11 is 7.08. The van der Waals surface area contributed by atoms with Crippen LogP contribution in [0.5, 0.6) is 5.75 Å². The lowest BCUT2D eigenvalue weighted by Gasteiger charge is -2.20. The number of fused-ring (bicyclic) bond motifs is 1. The topological polar surface area (TPSA) is 35.2 Å². The number of ether oxygens (including phenoxy) is 1. The lowest BCUT2D eigenvalue weighted by atomic mass is 9.95. The summed E-state index contributed by atoms with van der Waals surface area (Å²) in [6.45, 7) is 0.815. The van der Waals surface area contributed by atoms with E-state index in [0.717, 1.165) is 45.3 Å². The quantitative estimate of drug-likeness (QED) is 0.805. The highest BCUT2D eigenvalue weighted by atomic mass is 79.9. The molecule has 3 rings (SSSR count). The smallest absolute Gasteiger partial charge is 0.122 e. The lowest BCUT2D eigenvalue weighted by molar-refractivity contribution is 0.288. The van der Waals surface area contributed by atoms with Gasteiger partial charge in [-0.3, -0.25) is 0 Å². The van der Waals surface area contributed by atoms with Gasteiger partial charge in [0, 0.05) is 8.95 Å². The van der Waals surface area contributed by atoms with Crippen molar-refractivity contribution in [2.24, 2.45) is 5.73 Å². The number of aryl methyl sites for hydroxylation is 1. The molecule has 0 aliphatic carbocycles. The van der Waals surface area contributed by atoms with Crippen LogP contribution in [0.2, 0.25) is 0 Å². The van der Waals surface area contributed by atoms with Crippen LogP contribution in [0.15, 0.2) is 45.3 Å². The van der Waals surface area contributed by atoms with Crippen molar-refractivity contribution in [2.45, 2.75) is 18.9 Å². The first-order valence-corrected chi connectivity index (χ1v) is 8.20. The van der Waals surface area contributed by atoms with Crippen molar-refractivity contribution in [1.29, 1.82) is 0 Å². The van der Waals surface area contributed by atoms with Gasteiger partial charge in [0.15, 0.2) is 0 Å². The van der Waals surface area contributed by atoms with Gasteiger partial charge in [0.2, 0.25) is 0 Å². The zero-order valence-electron chi connectivity index (χ0n) is 10.9. The second-order valence-corrected chi connectivity index (χ2v) is 6.73. The molecule has 1 aliphatic rings. The molecule has 2 nitrogen and oxygen atoms in total. The molecule has 0 fully saturated rings. The monoisotopic (exact) mass is 395 g/mol. The van der Waals surface area contributed by atoms with E-state index in [1.54, 1.807) is 0 Å². The van der Waals surface area contributed by atoms with Crippen molar-refractivity contribution in [3.63, 3.8) is 0 Å². The van der Waals surface area contributed by atoms with Gasteiger partial charge in [0.1, 0.15) is 5.75 Å². The van der Waals surface area contributed by atoms with E-state index >= 15 is 0 Å². The van der Waals surface area contributed by atoms with Crippen LogP contribution in [-0.2, 0) is 6.42 Å². The Morgan fingerprint density at radius 1 is 1.10 bits per heavy atom. The molecule has 0 amide bonds. The Morgan fingerprint density at radius 2 is 1.95 bits per heavy atom. The van der Waals surface area contributed by atoms with E-state index in [4.69, 9.17) is 10.5 Å². The summed E-state index contributed by atoms with van der Waals surface area (Å²) in [4.78, 5) is 0. The van der Waals surface area contributed by atoms with Crippen LogP contribution in [0, 0.1) is 0 Å². The van der Waals surface area contributed by atoms with Crippen LogP contribution >= 0.6 is 31.9 Å². The third kappa shape index (κ3) is 2.78. The molecule has 1 aliphatic heterocycles. The first-order chi connectivity index (χ1) is 9.65. The molecule has 2 N–H and O–H groups in total. The number of nitrogens with two attached hydrogens (primary N) is 1. The number of hydrogen-bond acceptors (Lipinski definition) is 2. The first kappa shape index (κ1) is 14.1. The zero-order chi connectivity index (χ0) is 14.1. The van der Waals surface area contributed by atoms with Crippen LogP contribution in [0.4, 0.5) is 0 Å². The molecule has 104 valence electrons. The van der Waals surface area contributed by atoms with Gasteiger partial charge in [0.05, 0.1) is 12.6 Å². The van der Waals surface area contributed by atoms with Gasteiger partial charge in [0.25, 0.3) is 0 Å². The molecule has 1 atom stereocenters. The molecule has 0 spiro atoms. The molecule has 1 unspecified atom stereocenters. The Labute approximate surface area is 135 Å². The standard InChI is InChI=1S/C16H15Br2NO/c17-12-4-5-14(18)13(9-12)16(19)11-3-6-15-10(8-11)2-1-7-20-15/h3-6,8-9,16H,1-2,7,19H2. The van der Waals surface area contributed by atoms with Crippen molar-refractivity contribution in [1.82, 2.24) is 0 Å². The van der Waals surface area contributed by atoms with Crippen molar-refractivity contribution in [3.8, 4) is 5.75 Å². The van der Waals surface area contributed by atoms with Crippen molar-refractivity contribution in [2.75, 3.05) is 6.61 Å². The van der Waals surface area contributed by atoms with E-state index in [0.29, 0.717) is 0 Å². The largest absolute Gasteiger partial charge is 0.493 e. The Morgan fingerprint density at radius 3 is 2.80 bits per heavy atom. The second kappa shape index (κ2) is 5.88. The highest BCUT2D eigenvalue weighted by Crippen LogP contribution is 2.33. The minimum absolute atomic E-state index is 0.144. The molecular weight excluding hydrogens is 382 g/mol. The number of benzene rings is 2. The lowest BCUT2D eigenvalue weighted by Crippen LogP contribution is -2.14. The molecule has 0 aromatic heterocycles. The van der Waals surface area contributed by atoms with Crippen molar-refractivity contribution < 1.29 is 4.74 Å². The van der Waals surface area contributed by atoms with Gasteiger partial charge in [-0.15, -0.1) is 0 Å². The van der Waals surface area contributed by atoms with Gasteiger partial charge >= 0.3 is 0 Å². The van der Waals surface area contributed by atoms with E-state index in [1.165, 1.54) is 5.56 Å². The molecule has 4 heteroatoms. The molecule has 20 heavy (non-hydrogen) atoms. The number of hydrogen-bond donors (Lipinski definition) is 1. The van der Waals surface area contributed by atoms with E-state index in [2.05, 4.69) is 50.1 Å². The van der Waals surface area contributed by atoms with Crippen LogP contribution in [0.3, 0.4) is 0 Å². The van der Waals surface area contributed by atoms with E-state index in [-0.39, 0.29) is 6.04 Å². The predicted molar refractivity (Wildman–Crippen MR) is 88.1 cm³/mol. The second-order valence-electron chi connectivity index (χ2n) is 4.96. The first-order valence-electron chi connectivity index (χ1n) is 6.61. The molecule has 0 saturated heterocycles. The highest BCUT2D eigenvalue weighted by Gasteiger charge is 2.16. The van der Waals surface area contributed by atoms with Gasteiger partial charge in [-0.05, 0) is 53.8 Å². The maximum Gasteiger partial charge on any atom is 0.122 e. The zero-order valence-corrected chi connectivity index (χ0v) is 14.1. The summed E-state index contributed by atoms with van der Waals surface area (Å²) in [6.07, 6.45) is 2.14. The minimum Gasteiger partial charge on any atom is -0.493 e. The van der Waals surface area contributed by atoms with Gasteiger partial charge in [-0.1, -0.05) is 44.0 Å². The maximum absolute atomic E-state index is 6.43. The average Bonchev–Trinajstić information content (AvgIpc) is 2.48. The summed E-state index contributed by atoms with van der Waals surface area (Å²) in [7, 11) is 0. The Balaban J connectivity index is 1.97. The average molecular weight is 397 g/mol. The molecular formula is C16H15Br2NO. The van der Waals surface area contributed by atoms with Crippen molar-refractivity contribution in [3.05, 3.63) is 62.0 Å². The third-order valence-electron chi connectivity index (χ3n) is 3.58. The maximum atomic E-state index is 6.43. The Kier molecular flexibility index (Phi) is 4.15. The minimum atomic E-state index is -0.144. The van der Waals surface area contributed by atoms with Crippen LogP contribution in [0.25, 0.3) is 0 Å². The fourth-order valence-electron chi connectivity index (χ4n) is 2.51. The van der Waals surface area contributed by atoms with E-state index in [1.807, 2.05) is 18.2 Å².